The first-order valence-corrected chi connectivity index (χ1v) is 23.3. The van der Waals surface area contributed by atoms with E-state index in [9.17, 15) is 19.2 Å². The molecule has 4 amide bonds. The molecule has 16 heteroatoms. The molecule has 66 heavy (non-hydrogen) atoms. The number of rotatable bonds is 10. The van der Waals surface area contributed by atoms with Gasteiger partial charge in [-0.1, -0.05) is 0 Å². The fourth-order valence-electron chi connectivity index (χ4n) is 9.94. The summed E-state index contributed by atoms with van der Waals surface area (Å²) in [6, 6.07) is 12.1. The van der Waals surface area contributed by atoms with Crippen LogP contribution in [-0.4, -0.2) is 77.1 Å². The number of benzene rings is 2. The Bertz CT molecular complexity index is 2780. The summed E-state index contributed by atoms with van der Waals surface area (Å²) in [6.45, 7) is 9.74. The van der Waals surface area contributed by atoms with Crippen LogP contribution in [0.4, 0.5) is 11.4 Å². The number of nitrogens with zero attached hydrogens (tertiary/aromatic N) is 6. The van der Waals surface area contributed by atoms with Crippen molar-refractivity contribution in [2.75, 3.05) is 23.7 Å². The van der Waals surface area contributed by atoms with Gasteiger partial charge in [0.05, 0.1) is 12.4 Å². The van der Waals surface area contributed by atoms with Crippen LogP contribution in [0.15, 0.2) is 61.2 Å². The van der Waals surface area contributed by atoms with E-state index in [2.05, 4.69) is 93.4 Å². The molecule has 2 aliphatic carbocycles. The number of hydrogen-bond acceptors (Lipinski definition) is 10. The Morgan fingerprint density at radius 3 is 1.45 bits per heavy atom. The Kier molecular flexibility index (Phi) is 10.1. The molecule has 2 aromatic carbocycles. The Labute approximate surface area is 381 Å². The zero-order chi connectivity index (χ0) is 45.5. The van der Waals surface area contributed by atoms with Gasteiger partial charge in [-0.05, 0) is 126 Å². The van der Waals surface area contributed by atoms with Gasteiger partial charge < -0.3 is 30.7 Å². The number of carbonyl (C=O) groups excluding carboxylic acids is 4. The zero-order valence-electron chi connectivity index (χ0n) is 37.7. The fraction of sp³-hybridized carbons (Fsp3) is 0.440. The standard InChI is InChI=1S/2C25H27N5O3/c2*1-25(2)12-16-10-20(18(14-3-4-14)11-21(16)33-25)29-24(32)19-13-27-30-8-6-17(28-22(19)30)9-15-5-7-26-23(15)31/h2*6,8,10-11,13-15H,3-5,7,9,12H2,1-2H3,(H,26,31)(H,29,32)/t2*15-/m10/s1. The van der Waals surface area contributed by atoms with Crippen molar-refractivity contribution in [3.63, 3.8) is 0 Å². The van der Waals surface area contributed by atoms with Crippen LogP contribution in [0.1, 0.15) is 132 Å². The van der Waals surface area contributed by atoms with E-state index >= 15 is 0 Å². The number of fused-ring (bicyclic) bond motifs is 4. The van der Waals surface area contributed by atoms with Gasteiger partial charge in [-0.2, -0.15) is 10.2 Å². The molecule has 4 aliphatic heterocycles. The molecule has 8 heterocycles. The van der Waals surface area contributed by atoms with Gasteiger partial charge in [0.25, 0.3) is 11.8 Å². The normalized spacial score (nSPS) is 21.0. The lowest BCUT2D eigenvalue weighted by molar-refractivity contribution is -0.123. The van der Waals surface area contributed by atoms with Crippen molar-refractivity contribution < 1.29 is 28.7 Å². The van der Waals surface area contributed by atoms with Crippen LogP contribution in [-0.2, 0) is 35.3 Å². The maximum atomic E-state index is 13.3. The molecule has 16 nitrogen and oxygen atoms in total. The summed E-state index contributed by atoms with van der Waals surface area (Å²) in [5.41, 5.74) is 9.17. The van der Waals surface area contributed by atoms with E-state index in [-0.39, 0.29) is 46.7 Å². The summed E-state index contributed by atoms with van der Waals surface area (Å²) in [5, 5.41) is 20.6. The van der Waals surface area contributed by atoms with Gasteiger partial charge in [0.2, 0.25) is 11.8 Å². The molecule has 0 unspecified atom stereocenters. The van der Waals surface area contributed by atoms with Crippen LogP contribution in [0.25, 0.3) is 11.3 Å². The fourth-order valence-corrected chi connectivity index (χ4v) is 9.94. The van der Waals surface area contributed by atoms with Crippen molar-refractivity contribution in [2.24, 2.45) is 11.8 Å². The summed E-state index contributed by atoms with van der Waals surface area (Å²) < 4.78 is 15.4. The Morgan fingerprint density at radius 1 is 0.652 bits per heavy atom. The number of carbonyl (C=O) groups is 4. The van der Waals surface area contributed by atoms with Crippen LogP contribution in [0.3, 0.4) is 0 Å². The molecule has 4 aromatic heterocycles. The van der Waals surface area contributed by atoms with Crippen LogP contribution in [0, 0.1) is 11.8 Å². The van der Waals surface area contributed by atoms with E-state index < -0.39 is 0 Å². The predicted molar refractivity (Wildman–Crippen MR) is 245 cm³/mol. The zero-order valence-corrected chi connectivity index (χ0v) is 37.7. The first-order chi connectivity index (χ1) is 31.7. The summed E-state index contributed by atoms with van der Waals surface area (Å²) in [5.74, 6) is 2.32. The van der Waals surface area contributed by atoms with Crippen LogP contribution in [0.5, 0.6) is 11.5 Å². The van der Waals surface area contributed by atoms with E-state index in [4.69, 9.17) is 9.47 Å². The van der Waals surface area contributed by atoms with E-state index in [0.717, 1.165) is 108 Å². The summed E-state index contributed by atoms with van der Waals surface area (Å²) >= 11 is 0. The number of nitrogens with one attached hydrogen (secondary N) is 4. The minimum atomic E-state index is -0.231. The third kappa shape index (κ3) is 8.32. The third-order valence-corrected chi connectivity index (χ3v) is 13.6. The topological polar surface area (TPSA) is 195 Å². The molecule has 4 fully saturated rings. The van der Waals surface area contributed by atoms with Crippen LogP contribution >= 0.6 is 0 Å². The van der Waals surface area contributed by atoms with Gasteiger partial charge in [0.15, 0.2) is 11.3 Å². The van der Waals surface area contributed by atoms with Gasteiger partial charge in [-0.3, -0.25) is 19.2 Å². The molecule has 12 rings (SSSR count). The predicted octanol–water partition coefficient (Wildman–Crippen LogP) is 6.50. The van der Waals surface area contributed by atoms with Gasteiger partial charge in [0.1, 0.15) is 33.8 Å². The van der Waals surface area contributed by atoms with E-state index in [0.29, 0.717) is 60.2 Å². The van der Waals surface area contributed by atoms with Crippen molar-refractivity contribution >= 4 is 46.3 Å². The van der Waals surface area contributed by atoms with E-state index in [1.165, 1.54) is 0 Å². The Hall–Kier alpha value is -6.84. The number of ether oxygens (including phenoxy) is 2. The molecular formula is C50H54N10O6. The summed E-state index contributed by atoms with van der Waals surface area (Å²) in [7, 11) is 0. The monoisotopic (exact) mass is 890 g/mol. The highest BCUT2D eigenvalue weighted by atomic mass is 16.5. The van der Waals surface area contributed by atoms with Gasteiger partial charge in [0, 0.05) is 96.9 Å². The van der Waals surface area contributed by atoms with Crippen molar-refractivity contribution in [3.8, 4) is 11.5 Å². The maximum Gasteiger partial charge on any atom is 0.261 e. The number of hydrogen-bond donors (Lipinski definition) is 4. The quantitative estimate of drug-likeness (QED) is 0.118. The molecule has 0 bridgehead atoms. The molecule has 2 saturated carbocycles. The highest BCUT2D eigenvalue weighted by Gasteiger charge is 2.37. The second kappa shape index (κ2) is 15.9. The van der Waals surface area contributed by atoms with E-state index in [1.807, 2.05) is 12.1 Å². The molecule has 0 radical (unpaired) electrons. The molecule has 2 saturated heterocycles. The highest BCUT2D eigenvalue weighted by Crippen LogP contribution is 2.49. The van der Waals surface area contributed by atoms with Crippen molar-refractivity contribution in [2.45, 2.75) is 115 Å². The first-order valence-electron chi connectivity index (χ1n) is 23.3. The lowest BCUT2D eigenvalue weighted by Gasteiger charge is -2.17. The summed E-state index contributed by atoms with van der Waals surface area (Å²) in [6.07, 6.45) is 15.6. The molecule has 6 aromatic rings. The molecule has 4 N–H and O–H groups in total. The molecule has 340 valence electrons. The van der Waals surface area contributed by atoms with Crippen LogP contribution < -0.4 is 30.7 Å². The lowest BCUT2D eigenvalue weighted by Crippen LogP contribution is -2.24. The highest BCUT2D eigenvalue weighted by molar-refractivity contribution is 6.09. The second-order valence-electron chi connectivity index (χ2n) is 20.1. The average molecular weight is 891 g/mol. The van der Waals surface area contributed by atoms with Gasteiger partial charge >= 0.3 is 0 Å². The van der Waals surface area contributed by atoms with E-state index in [1.54, 1.807) is 33.8 Å². The van der Waals surface area contributed by atoms with Crippen molar-refractivity contribution in [1.29, 1.82) is 0 Å². The number of amides is 4. The SMILES string of the molecule is CC1(C)Cc2cc(NC(=O)c3cnn4ccc(C[C@@H]5CCNC5=O)nc34)c(C3CC3)cc2O1.CC1(C)Cc2cc(NC(=O)c3cnn4ccc(C[C@H]5CCNC5=O)nc34)c(C3CC3)cc2O1. The van der Waals surface area contributed by atoms with Crippen LogP contribution in [0.2, 0.25) is 0 Å². The van der Waals surface area contributed by atoms with Crippen molar-refractivity contribution in [1.82, 2.24) is 39.8 Å². The maximum absolute atomic E-state index is 13.3. The Balaban J connectivity index is 0.000000146. The van der Waals surface area contributed by atoms with Gasteiger partial charge in [-0.15, -0.1) is 0 Å². The molecular weight excluding hydrogens is 837 g/mol. The second-order valence-corrected chi connectivity index (χ2v) is 20.1. The van der Waals surface area contributed by atoms with Crippen molar-refractivity contribution in [3.05, 3.63) is 106 Å². The first kappa shape index (κ1) is 41.8. The smallest absolute Gasteiger partial charge is 0.261 e. The number of anilines is 2. The largest absolute Gasteiger partial charge is 0.487 e. The molecule has 0 spiro atoms. The number of aromatic nitrogens is 6. The minimum absolute atomic E-state index is 0.0690. The third-order valence-electron chi connectivity index (χ3n) is 13.6. The summed E-state index contributed by atoms with van der Waals surface area (Å²) in [4.78, 5) is 59.9. The molecule has 2 atom stereocenters. The minimum Gasteiger partial charge on any atom is -0.487 e. The molecule has 6 aliphatic rings. The lowest BCUT2D eigenvalue weighted by atomic mass is 9.98. The average Bonchev–Trinajstić information content (AvgIpc) is 4.01. The Morgan fingerprint density at radius 2 is 1.08 bits per heavy atom. The van der Waals surface area contributed by atoms with Gasteiger partial charge in [-0.25, -0.2) is 19.0 Å².